The maximum Gasteiger partial charge on any atom is 0.256 e. The number of anilines is 2. The topological polar surface area (TPSA) is 68.4 Å². The van der Waals surface area contributed by atoms with Gasteiger partial charge in [0, 0.05) is 23.4 Å². The van der Waals surface area contributed by atoms with Crippen molar-refractivity contribution >= 4 is 51.4 Å². The second kappa shape index (κ2) is 9.22. The molecule has 2 aromatic carbocycles. The van der Waals surface area contributed by atoms with E-state index in [4.69, 9.17) is 12.2 Å². The fraction of sp³-hybridized carbons (Fsp3) is 0.370. The van der Waals surface area contributed by atoms with Crippen LogP contribution in [0.1, 0.15) is 44.6 Å². The number of thiocarbonyl (C=S) groups is 1. The third-order valence-electron chi connectivity index (χ3n) is 7.14. The van der Waals surface area contributed by atoms with E-state index in [1.54, 1.807) is 4.90 Å². The van der Waals surface area contributed by atoms with Gasteiger partial charge in [-0.3, -0.25) is 14.5 Å². The van der Waals surface area contributed by atoms with Crippen LogP contribution in [-0.4, -0.2) is 38.9 Å². The van der Waals surface area contributed by atoms with E-state index in [9.17, 15) is 9.59 Å². The predicted molar refractivity (Wildman–Crippen MR) is 140 cm³/mol. The molecular formula is C27H30N4O2S. The van der Waals surface area contributed by atoms with E-state index in [2.05, 4.69) is 22.1 Å². The first-order chi connectivity index (χ1) is 16.4. The summed E-state index contributed by atoms with van der Waals surface area (Å²) < 4.78 is 0. The first-order valence-electron chi connectivity index (χ1n) is 12.0. The molecule has 5 rings (SSSR count). The molecule has 1 aromatic heterocycles. The summed E-state index contributed by atoms with van der Waals surface area (Å²) in [4.78, 5) is 33.6. The number of carbonyl (C=O) groups excluding carboxylic acids is 2. The van der Waals surface area contributed by atoms with Crippen LogP contribution in [0.2, 0.25) is 0 Å². The number of fused-ring (bicyclic) bond motifs is 1. The number of nitrogens with one attached hydrogen (secondary N) is 2. The molecule has 1 atom stereocenters. The summed E-state index contributed by atoms with van der Waals surface area (Å²) in [6, 6.07) is 15.1. The lowest BCUT2D eigenvalue weighted by Crippen LogP contribution is -2.46. The van der Waals surface area contributed by atoms with Crippen LogP contribution < -0.4 is 10.2 Å². The van der Waals surface area contributed by atoms with E-state index in [0.717, 1.165) is 47.8 Å². The van der Waals surface area contributed by atoms with Crippen molar-refractivity contribution in [3.63, 3.8) is 0 Å². The number of nitrogens with zero attached hydrogens (tertiary/aromatic N) is 2. The molecule has 0 spiro atoms. The van der Waals surface area contributed by atoms with Gasteiger partial charge in [0.1, 0.15) is 6.04 Å². The zero-order chi connectivity index (χ0) is 23.8. The van der Waals surface area contributed by atoms with Gasteiger partial charge in [-0.1, -0.05) is 30.7 Å². The minimum Gasteiger partial charge on any atom is -0.361 e. The van der Waals surface area contributed by atoms with E-state index >= 15 is 0 Å². The average Bonchev–Trinajstić information content (AvgIpc) is 3.37. The molecule has 1 unspecified atom stereocenters. The fourth-order valence-corrected chi connectivity index (χ4v) is 5.64. The van der Waals surface area contributed by atoms with Crippen LogP contribution >= 0.6 is 12.2 Å². The van der Waals surface area contributed by atoms with Crippen molar-refractivity contribution in [3.8, 4) is 0 Å². The Hall–Kier alpha value is -3.19. The fourth-order valence-electron chi connectivity index (χ4n) is 5.17. The van der Waals surface area contributed by atoms with Crippen molar-refractivity contribution in [2.24, 2.45) is 5.92 Å². The lowest BCUT2D eigenvalue weighted by atomic mass is 9.86. The molecule has 2 fully saturated rings. The molecule has 3 aromatic rings. The standard InChI is InChI=1S/C27H30N4O2S/c1-17-3-9-21(10-4-17)30-24(26(33)31(27(30)34)22-11-5-18(2)6-12-22)16-25(32)29-20-8-7-19-13-14-28-23(19)15-20/h5-8,11-15,17,21,24,28H,3-4,9-10,16H2,1-2H3,(H,29,32). The van der Waals surface area contributed by atoms with Gasteiger partial charge >= 0.3 is 0 Å². The first kappa shape index (κ1) is 22.6. The molecule has 0 radical (unpaired) electrons. The molecule has 2 aliphatic rings. The molecule has 34 heavy (non-hydrogen) atoms. The minimum atomic E-state index is -0.596. The lowest BCUT2D eigenvalue weighted by molar-refractivity contribution is -0.125. The van der Waals surface area contributed by atoms with E-state index in [1.165, 1.54) is 0 Å². The number of aromatic nitrogens is 1. The Kier molecular flexibility index (Phi) is 6.13. The number of aryl methyl sites for hydroxylation is 1. The summed E-state index contributed by atoms with van der Waals surface area (Å²) in [5, 5.41) is 4.58. The monoisotopic (exact) mass is 474 g/mol. The molecule has 1 aliphatic heterocycles. The van der Waals surface area contributed by atoms with Crippen molar-refractivity contribution in [2.45, 2.75) is 58.0 Å². The quantitative estimate of drug-likeness (QED) is 0.487. The summed E-state index contributed by atoms with van der Waals surface area (Å²) in [6.07, 6.45) is 6.12. The number of benzene rings is 2. The van der Waals surface area contributed by atoms with Gasteiger partial charge in [-0.15, -0.1) is 0 Å². The van der Waals surface area contributed by atoms with Crippen molar-refractivity contribution in [2.75, 3.05) is 10.2 Å². The zero-order valence-corrected chi connectivity index (χ0v) is 20.4. The zero-order valence-electron chi connectivity index (χ0n) is 19.6. The molecule has 2 heterocycles. The SMILES string of the molecule is Cc1ccc(N2C(=O)C(CC(=O)Nc3ccc4cc[nH]c4c3)N(C3CCC(C)CC3)C2=S)cc1. The molecule has 2 N–H and O–H groups in total. The number of carbonyl (C=O) groups is 2. The van der Waals surface area contributed by atoms with Crippen LogP contribution in [0.5, 0.6) is 0 Å². The average molecular weight is 475 g/mol. The number of hydrogen-bond acceptors (Lipinski definition) is 3. The van der Waals surface area contributed by atoms with Gasteiger partial charge in [0.05, 0.1) is 12.1 Å². The van der Waals surface area contributed by atoms with Crippen molar-refractivity contribution in [1.82, 2.24) is 9.88 Å². The second-order valence-electron chi connectivity index (χ2n) is 9.66. The van der Waals surface area contributed by atoms with Crippen LogP contribution in [-0.2, 0) is 9.59 Å². The molecule has 6 nitrogen and oxygen atoms in total. The Morgan fingerprint density at radius 2 is 1.82 bits per heavy atom. The highest BCUT2D eigenvalue weighted by Crippen LogP contribution is 2.35. The minimum absolute atomic E-state index is 0.0656. The van der Waals surface area contributed by atoms with E-state index < -0.39 is 6.04 Å². The van der Waals surface area contributed by atoms with Crippen LogP contribution in [0.3, 0.4) is 0 Å². The van der Waals surface area contributed by atoms with Gasteiger partial charge in [0.2, 0.25) is 5.91 Å². The summed E-state index contributed by atoms with van der Waals surface area (Å²) in [6.45, 7) is 4.29. The van der Waals surface area contributed by atoms with Gasteiger partial charge in [-0.25, -0.2) is 0 Å². The van der Waals surface area contributed by atoms with Gasteiger partial charge < -0.3 is 15.2 Å². The maximum atomic E-state index is 13.7. The Morgan fingerprint density at radius 1 is 1.09 bits per heavy atom. The van der Waals surface area contributed by atoms with Crippen molar-refractivity contribution in [3.05, 3.63) is 60.3 Å². The van der Waals surface area contributed by atoms with Crippen LogP contribution in [0.4, 0.5) is 11.4 Å². The summed E-state index contributed by atoms with van der Waals surface area (Å²) in [5.74, 6) is 0.371. The number of amides is 2. The Labute approximate surface area is 205 Å². The molecule has 176 valence electrons. The van der Waals surface area contributed by atoms with Crippen LogP contribution in [0.25, 0.3) is 10.9 Å². The molecular weight excluding hydrogens is 444 g/mol. The van der Waals surface area contributed by atoms with Gasteiger partial charge in [-0.05, 0) is 86.5 Å². The smallest absolute Gasteiger partial charge is 0.256 e. The highest BCUT2D eigenvalue weighted by Gasteiger charge is 2.47. The molecule has 1 aliphatic carbocycles. The van der Waals surface area contributed by atoms with Crippen LogP contribution in [0, 0.1) is 12.8 Å². The summed E-state index contributed by atoms with van der Waals surface area (Å²) >= 11 is 5.86. The molecule has 7 heteroatoms. The summed E-state index contributed by atoms with van der Waals surface area (Å²) in [5.41, 5.74) is 3.55. The third-order valence-corrected chi connectivity index (χ3v) is 7.54. The van der Waals surface area contributed by atoms with Crippen molar-refractivity contribution < 1.29 is 9.59 Å². The van der Waals surface area contributed by atoms with Gasteiger partial charge in [-0.2, -0.15) is 0 Å². The first-order valence-corrected chi connectivity index (χ1v) is 12.4. The predicted octanol–water partition coefficient (Wildman–Crippen LogP) is 5.39. The maximum absolute atomic E-state index is 13.7. The molecule has 1 saturated heterocycles. The number of rotatable bonds is 5. The third kappa shape index (κ3) is 4.32. The van der Waals surface area contributed by atoms with Crippen molar-refractivity contribution in [1.29, 1.82) is 0 Å². The molecule has 1 saturated carbocycles. The normalized spacial score (nSPS) is 23.1. The Balaban J connectivity index is 1.39. The van der Waals surface area contributed by atoms with E-state index in [0.29, 0.717) is 16.7 Å². The number of hydrogen-bond donors (Lipinski definition) is 2. The lowest BCUT2D eigenvalue weighted by Gasteiger charge is -2.37. The van der Waals surface area contributed by atoms with Gasteiger partial charge in [0.15, 0.2) is 5.11 Å². The van der Waals surface area contributed by atoms with E-state index in [1.807, 2.05) is 61.7 Å². The highest BCUT2D eigenvalue weighted by molar-refractivity contribution is 7.80. The summed E-state index contributed by atoms with van der Waals surface area (Å²) in [7, 11) is 0. The Morgan fingerprint density at radius 3 is 2.56 bits per heavy atom. The number of H-pyrrole nitrogens is 1. The highest BCUT2D eigenvalue weighted by atomic mass is 32.1. The number of aromatic amines is 1. The van der Waals surface area contributed by atoms with Crippen LogP contribution in [0.15, 0.2) is 54.7 Å². The second-order valence-corrected chi connectivity index (χ2v) is 10.0. The van der Waals surface area contributed by atoms with Gasteiger partial charge in [0.25, 0.3) is 5.91 Å². The molecule has 2 amide bonds. The molecule has 0 bridgehead atoms. The van der Waals surface area contributed by atoms with E-state index in [-0.39, 0.29) is 24.3 Å². The largest absolute Gasteiger partial charge is 0.361 e. The Bertz CT molecular complexity index is 1230.